The van der Waals surface area contributed by atoms with Gasteiger partial charge in [0.25, 0.3) is 0 Å². The molecule has 5 heteroatoms. The van der Waals surface area contributed by atoms with Crippen molar-refractivity contribution in [2.45, 2.75) is 19.8 Å². The lowest BCUT2D eigenvalue weighted by Crippen LogP contribution is -2.39. The van der Waals surface area contributed by atoms with Crippen LogP contribution in [0, 0.1) is 11.8 Å². The molecule has 0 aromatic rings. The maximum Gasteiger partial charge on any atom is 0.147 e. The lowest BCUT2D eigenvalue weighted by Gasteiger charge is -2.34. The van der Waals surface area contributed by atoms with Gasteiger partial charge in [-0.25, -0.2) is 8.42 Å². The predicted octanol–water partition coefficient (Wildman–Crippen LogP) is 0.338. The summed E-state index contributed by atoms with van der Waals surface area (Å²) >= 11 is 0. The van der Waals surface area contributed by atoms with E-state index in [9.17, 15) is 8.42 Å². The lowest BCUT2D eigenvalue weighted by atomic mass is 9.85. The lowest BCUT2D eigenvalue weighted by molar-refractivity contribution is 0.161. The molecule has 0 bridgehead atoms. The molecule has 2 N–H and O–H groups in total. The molecule has 1 saturated heterocycles. The molecule has 1 atom stereocenters. The van der Waals surface area contributed by atoms with Crippen molar-refractivity contribution in [2.75, 3.05) is 38.2 Å². The summed E-state index contributed by atoms with van der Waals surface area (Å²) < 4.78 is 22.6. The molecule has 4 nitrogen and oxygen atoms in total. The van der Waals surface area contributed by atoms with Crippen LogP contribution in [-0.4, -0.2) is 51.5 Å². The molecule has 1 fully saturated rings. The van der Waals surface area contributed by atoms with Crippen molar-refractivity contribution in [2.24, 2.45) is 17.6 Å². The van der Waals surface area contributed by atoms with Crippen LogP contribution in [0.1, 0.15) is 19.8 Å². The summed E-state index contributed by atoms with van der Waals surface area (Å²) in [4.78, 5) is 2.41. The van der Waals surface area contributed by atoms with Gasteiger partial charge in [0, 0.05) is 6.26 Å². The van der Waals surface area contributed by atoms with E-state index in [1.165, 1.54) is 6.26 Å². The van der Waals surface area contributed by atoms with Crippen molar-refractivity contribution in [3.05, 3.63) is 0 Å². The summed E-state index contributed by atoms with van der Waals surface area (Å²) in [5, 5.41) is 0. The third-order valence-electron chi connectivity index (χ3n) is 3.57. The van der Waals surface area contributed by atoms with Gasteiger partial charge in [-0.2, -0.15) is 0 Å². The van der Waals surface area contributed by atoms with Crippen LogP contribution < -0.4 is 5.73 Å². The zero-order chi connectivity index (χ0) is 12.2. The number of likely N-dealkylation sites (tertiary alicyclic amines) is 1. The van der Waals surface area contributed by atoms with Crippen LogP contribution in [0.25, 0.3) is 0 Å². The minimum Gasteiger partial charge on any atom is -0.330 e. The van der Waals surface area contributed by atoms with Crippen molar-refractivity contribution < 1.29 is 8.42 Å². The first kappa shape index (κ1) is 13.9. The third kappa shape index (κ3) is 4.39. The molecule has 96 valence electrons. The maximum atomic E-state index is 11.3. The summed E-state index contributed by atoms with van der Waals surface area (Å²) in [6.45, 7) is 5.91. The molecular weight excluding hydrogens is 224 g/mol. The molecule has 1 unspecified atom stereocenters. The predicted molar refractivity (Wildman–Crippen MR) is 67.1 cm³/mol. The minimum atomic E-state index is -2.90. The zero-order valence-electron chi connectivity index (χ0n) is 10.4. The van der Waals surface area contributed by atoms with Crippen molar-refractivity contribution in [3.63, 3.8) is 0 Å². The van der Waals surface area contributed by atoms with Crippen molar-refractivity contribution in [1.82, 2.24) is 4.90 Å². The minimum absolute atomic E-state index is 0.147. The Balaban J connectivity index is 2.49. The Kier molecular flexibility index (Phi) is 5.21. The van der Waals surface area contributed by atoms with E-state index >= 15 is 0 Å². The molecule has 1 aliphatic rings. The van der Waals surface area contributed by atoms with Crippen LogP contribution in [0.4, 0.5) is 0 Å². The molecule has 0 saturated carbocycles. The molecule has 0 amide bonds. The number of rotatable bonds is 5. The Morgan fingerprint density at radius 2 is 1.94 bits per heavy atom. The Morgan fingerprint density at radius 1 is 1.38 bits per heavy atom. The Bertz CT molecular complexity index is 295. The van der Waals surface area contributed by atoms with Crippen LogP contribution in [-0.2, 0) is 9.84 Å². The van der Waals surface area contributed by atoms with Gasteiger partial charge in [0.05, 0.1) is 5.75 Å². The first-order chi connectivity index (χ1) is 7.46. The van der Waals surface area contributed by atoms with E-state index in [0.29, 0.717) is 12.5 Å². The van der Waals surface area contributed by atoms with Crippen molar-refractivity contribution in [1.29, 1.82) is 0 Å². The fraction of sp³-hybridized carbons (Fsp3) is 1.00. The largest absolute Gasteiger partial charge is 0.330 e. The quantitative estimate of drug-likeness (QED) is 0.762. The van der Waals surface area contributed by atoms with E-state index in [1.54, 1.807) is 0 Å². The van der Waals surface area contributed by atoms with Gasteiger partial charge < -0.3 is 10.6 Å². The summed E-state index contributed by atoms with van der Waals surface area (Å²) in [5.74, 6) is 0.886. The molecule has 0 aromatic carbocycles. The molecule has 1 rings (SSSR count). The average molecular weight is 248 g/mol. The van der Waals surface area contributed by atoms with Gasteiger partial charge in [-0.3, -0.25) is 0 Å². The number of nitrogens with two attached hydrogens (primary N) is 1. The monoisotopic (exact) mass is 248 g/mol. The topological polar surface area (TPSA) is 63.4 Å². The van der Waals surface area contributed by atoms with Gasteiger partial charge in [0.2, 0.25) is 0 Å². The number of piperidine rings is 1. The average Bonchev–Trinajstić information content (AvgIpc) is 2.25. The third-order valence-corrected chi connectivity index (χ3v) is 4.60. The van der Waals surface area contributed by atoms with Crippen LogP contribution in [0.5, 0.6) is 0 Å². The van der Waals surface area contributed by atoms with Gasteiger partial charge in [0.15, 0.2) is 0 Å². The van der Waals surface area contributed by atoms with Crippen LogP contribution in [0.3, 0.4) is 0 Å². The smallest absolute Gasteiger partial charge is 0.147 e. The summed E-state index contributed by atoms with van der Waals surface area (Å²) in [7, 11) is -2.90. The van der Waals surface area contributed by atoms with Gasteiger partial charge in [-0.1, -0.05) is 6.92 Å². The van der Waals surface area contributed by atoms with Crippen LogP contribution in [0.15, 0.2) is 0 Å². The SMILES string of the molecule is CCN1CCC(C(CN)CS(C)(=O)=O)CC1. The molecule has 1 aliphatic heterocycles. The summed E-state index contributed by atoms with van der Waals surface area (Å²) in [6, 6.07) is 0. The molecule has 0 radical (unpaired) electrons. The Labute approximate surface area is 99.1 Å². The highest BCUT2D eigenvalue weighted by Crippen LogP contribution is 2.25. The zero-order valence-corrected chi connectivity index (χ0v) is 11.2. The van der Waals surface area contributed by atoms with Crippen LogP contribution >= 0.6 is 0 Å². The van der Waals surface area contributed by atoms with E-state index in [0.717, 1.165) is 32.5 Å². The standard InChI is InChI=1S/C11H24N2O2S/c1-3-13-6-4-10(5-7-13)11(8-12)9-16(2,14)15/h10-11H,3-9,12H2,1-2H3. The summed E-state index contributed by atoms with van der Waals surface area (Å²) in [5.41, 5.74) is 5.70. The number of sulfone groups is 1. The van der Waals surface area contributed by atoms with E-state index in [-0.39, 0.29) is 11.7 Å². The molecule has 0 spiro atoms. The highest BCUT2D eigenvalue weighted by Gasteiger charge is 2.27. The second kappa shape index (κ2) is 5.98. The van der Waals surface area contributed by atoms with Gasteiger partial charge in [0.1, 0.15) is 9.84 Å². The van der Waals surface area contributed by atoms with E-state index in [2.05, 4.69) is 11.8 Å². The van der Waals surface area contributed by atoms with Gasteiger partial charge in [-0.05, 0) is 50.9 Å². The second-order valence-electron chi connectivity index (χ2n) is 4.86. The first-order valence-electron chi connectivity index (χ1n) is 6.06. The molecular formula is C11H24N2O2S. The molecule has 16 heavy (non-hydrogen) atoms. The summed E-state index contributed by atoms with van der Waals surface area (Å²) in [6.07, 6.45) is 3.48. The molecule has 1 heterocycles. The number of nitrogens with zero attached hydrogens (tertiary/aromatic N) is 1. The fourth-order valence-electron chi connectivity index (χ4n) is 2.53. The maximum absolute atomic E-state index is 11.3. The molecule has 0 aromatic heterocycles. The van der Waals surface area contributed by atoms with Crippen molar-refractivity contribution >= 4 is 9.84 Å². The second-order valence-corrected chi connectivity index (χ2v) is 7.04. The number of hydrogen-bond donors (Lipinski definition) is 1. The van der Waals surface area contributed by atoms with Crippen molar-refractivity contribution in [3.8, 4) is 0 Å². The highest BCUT2D eigenvalue weighted by molar-refractivity contribution is 7.90. The molecule has 0 aliphatic carbocycles. The van der Waals surface area contributed by atoms with E-state index < -0.39 is 9.84 Å². The first-order valence-corrected chi connectivity index (χ1v) is 8.12. The Hall–Kier alpha value is -0.130. The Morgan fingerprint density at radius 3 is 2.31 bits per heavy atom. The van der Waals surface area contributed by atoms with Gasteiger partial charge in [-0.15, -0.1) is 0 Å². The normalized spacial score (nSPS) is 22.2. The van der Waals surface area contributed by atoms with Gasteiger partial charge >= 0.3 is 0 Å². The fourth-order valence-corrected chi connectivity index (χ4v) is 3.71. The van der Waals surface area contributed by atoms with E-state index in [4.69, 9.17) is 5.73 Å². The number of hydrogen-bond acceptors (Lipinski definition) is 4. The highest BCUT2D eigenvalue weighted by atomic mass is 32.2. The van der Waals surface area contributed by atoms with E-state index in [1.807, 2.05) is 0 Å². The van der Waals surface area contributed by atoms with Crippen LogP contribution in [0.2, 0.25) is 0 Å².